The number of carbonyl (C=O) groups excluding carboxylic acids is 1. The maximum atomic E-state index is 10.6. The van der Waals surface area contributed by atoms with Gasteiger partial charge in [0.15, 0.2) is 0 Å². The average Bonchev–Trinajstić information content (AvgIpc) is 1.93. The molecule has 2 nitrogen and oxygen atoms in total. The summed E-state index contributed by atoms with van der Waals surface area (Å²) in [5.41, 5.74) is 0. The number of ether oxygens (including phenoxy) is 1. The predicted octanol–water partition coefficient (Wildman–Crippen LogP) is 0.784. The Balaban J connectivity index is 2.86. The van der Waals surface area contributed by atoms with E-state index in [1.54, 1.807) is 0 Å². The van der Waals surface area contributed by atoms with Crippen molar-refractivity contribution in [1.82, 2.24) is 0 Å². The zero-order chi connectivity index (χ0) is 8.27. The van der Waals surface area contributed by atoms with Crippen LogP contribution in [0.3, 0.4) is 0 Å². The second kappa shape index (κ2) is 3.86. The van der Waals surface area contributed by atoms with E-state index >= 15 is 0 Å². The fourth-order valence-electron chi connectivity index (χ4n) is 0.758. The van der Waals surface area contributed by atoms with Gasteiger partial charge in [0.05, 0.1) is 0 Å². The fraction of sp³-hybridized carbons (Fsp3) is 0.125. The van der Waals surface area contributed by atoms with Crippen molar-refractivity contribution in [2.24, 2.45) is 0 Å². The maximum absolute atomic E-state index is 10.6. The summed E-state index contributed by atoms with van der Waals surface area (Å²) in [4.78, 5) is 10.6. The number of carbonyl (C=O) groups is 1. The molecule has 0 bridgehead atoms. The zero-order valence-electron chi connectivity index (χ0n) is 6.33. The summed E-state index contributed by atoms with van der Waals surface area (Å²) >= 11 is 0.505. The summed E-state index contributed by atoms with van der Waals surface area (Å²) in [5.74, 6) is 0.478. The van der Waals surface area contributed by atoms with Crippen LogP contribution < -0.4 is 7.81 Å². The van der Waals surface area contributed by atoms with Crippen molar-refractivity contribution in [3.05, 3.63) is 24.3 Å². The van der Waals surface area contributed by atoms with E-state index in [2.05, 4.69) is 0 Å². The number of para-hydroxylation sites is 1. The van der Waals surface area contributed by atoms with E-state index in [1.807, 2.05) is 24.3 Å². The molecule has 0 radical (unpaired) electrons. The van der Waals surface area contributed by atoms with Crippen molar-refractivity contribution in [2.45, 2.75) is 6.92 Å². The van der Waals surface area contributed by atoms with Crippen LogP contribution in [0.2, 0.25) is 0 Å². The topological polar surface area (TPSA) is 26.3 Å². The molecule has 0 unspecified atom stereocenters. The van der Waals surface area contributed by atoms with Gasteiger partial charge in [0.25, 0.3) is 0 Å². The van der Waals surface area contributed by atoms with Crippen LogP contribution in [0.25, 0.3) is 0 Å². The van der Waals surface area contributed by atoms with E-state index in [-0.39, 0.29) is 5.97 Å². The molecule has 0 atom stereocenters. The van der Waals surface area contributed by atoms with Crippen LogP contribution in [0.15, 0.2) is 24.3 Å². The van der Waals surface area contributed by atoms with Gasteiger partial charge in [0, 0.05) is 0 Å². The third-order valence-electron chi connectivity index (χ3n) is 1.23. The van der Waals surface area contributed by atoms with Crippen LogP contribution >= 0.6 is 0 Å². The standard InChI is InChI=1S/C8H7O2.Hg/c1-7(9)10-8-5-3-2-4-6-8;/h2-5H,1H3;. The molecule has 0 heterocycles. The Hall–Kier alpha value is -0.375. The molecule has 0 saturated heterocycles. The minimum atomic E-state index is -0.247. The van der Waals surface area contributed by atoms with Gasteiger partial charge in [-0.25, -0.2) is 0 Å². The molecular formula is C8H7HgO2. The minimum absolute atomic E-state index is 0.247. The molecule has 0 amide bonds. The zero-order valence-corrected chi connectivity index (χ0v) is 11.8. The molecule has 0 saturated carbocycles. The molecule has 0 aliphatic rings. The molecule has 11 heavy (non-hydrogen) atoms. The van der Waals surface area contributed by atoms with Crippen molar-refractivity contribution in [3.63, 3.8) is 0 Å². The monoisotopic (exact) mass is 337 g/mol. The summed E-state index contributed by atoms with van der Waals surface area (Å²) in [6, 6.07) is 7.63. The van der Waals surface area contributed by atoms with Crippen molar-refractivity contribution < 1.29 is 35.7 Å². The van der Waals surface area contributed by atoms with Gasteiger partial charge in [-0.1, -0.05) is 0 Å². The Kier molecular flexibility index (Phi) is 3.06. The Labute approximate surface area is 81.5 Å². The van der Waals surface area contributed by atoms with Gasteiger partial charge in [-0.3, -0.25) is 0 Å². The van der Waals surface area contributed by atoms with Crippen molar-refractivity contribution >= 4 is 9.04 Å². The molecule has 0 N–H and O–H groups in total. The van der Waals surface area contributed by atoms with Crippen molar-refractivity contribution in [2.75, 3.05) is 0 Å². The quantitative estimate of drug-likeness (QED) is 0.431. The first kappa shape index (κ1) is 8.72. The van der Waals surface area contributed by atoms with Gasteiger partial charge in [-0.05, 0) is 0 Å². The van der Waals surface area contributed by atoms with Crippen LogP contribution in [-0.4, -0.2) is 5.97 Å². The van der Waals surface area contributed by atoms with Gasteiger partial charge in [0.2, 0.25) is 0 Å². The Morgan fingerprint density at radius 3 is 2.64 bits per heavy atom. The molecule has 1 aromatic carbocycles. The molecule has 1 rings (SSSR count). The number of hydrogen-bond acceptors (Lipinski definition) is 2. The SMILES string of the molecule is CC(=O)Oc1cccc[c]1[Hg]. The fourth-order valence-corrected chi connectivity index (χ4v) is 2.03. The second-order valence-corrected chi connectivity index (χ2v) is 5.16. The molecule has 3 heteroatoms. The first-order chi connectivity index (χ1) is 5.20. The average molecular weight is 336 g/mol. The molecule has 0 aliphatic carbocycles. The summed E-state index contributed by atoms with van der Waals surface area (Å²) < 4.78 is 6.12. The van der Waals surface area contributed by atoms with Crippen LogP contribution in [0.5, 0.6) is 5.75 Å². The summed E-state index contributed by atoms with van der Waals surface area (Å²) in [7, 11) is 0. The summed E-state index contributed by atoms with van der Waals surface area (Å²) in [5, 5.41) is 0. The molecule has 0 aromatic heterocycles. The first-order valence-electron chi connectivity index (χ1n) is 3.29. The normalized spacial score (nSPS) is 9.36. The van der Waals surface area contributed by atoms with Crippen LogP contribution in [0.1, 0.15) is 6.92 Å². The third-order valence-corrected chi connectivity index (χ3v) is 3.50. The van der Waals surface area contributed by atoms with Crippen LogP contribution in [-0.2, 0) is 30.9 Å². The number of rotatable bonds is 1. The van der Waals surface area contributed by atoms with Crippen molar-refractivity contribution in [3.8, 4) is 5.75 Å². The van der Waals surface area contributed by atoms with Gasteiger partial charge >= 0.3 is 81.6 Å². The van der Waals surface area contributed by atoms with Crippen LogP contribution in [0, 0.1) is 0 Å². The Bertz CT molecular complexity index is 271. The Morgan fingerprint density at radius 2 is 2.09 bits per heavy atom. The van der Waals surface area contributed by atoms with E-state index < -0.39 is 0 Å². The third kappa shape index (κ3) is 2.62. The summed E-state index contributed by atoms with van der Waals surface area (Å²) in [6.45, 7) is 1.42. The number of benzene rings is 1. The molecule has 0 aliphatic heterocycles. The van der Waals surface area contributed by atoms with E-state index in [1.165, 1.54) is 10.00 Å². The number of esters is 1. The molecular weight excluding hydrogens is 329 g/mol. The van der Waals surface area contributed by atoms with E-state index in [9.17, 15) is 4.79 Å². The number of hydrogen-bond donors (Lipinski definition) is 0. The van der Waals surface area contributed by atoms with Gasteiger partial charge in [0.1, 0.15) is 0 Å². The predicted molar refractivity (Wildman–Crippen MR) is 37.4 cm³/mol. The molecule has 0 fully saturated rings. The Morgan fingerprint density at radius 1 is 1.45 bits per heavy atom. The molecule has 53 valence electrons. The van der Waals surface area contributed by atoms with Crippen molar-refractivity contribution in [1.29, 1.82) is 0 Å². The van der Waals surface area contributed by atoms with Gasteiger partial charge in [-0.2, -0.15) is 0 Å². The van der Waals surface area contributed by atoms with Gasteiger partial charge in [-0.15, -0.1) is 0 Å². The summed E-state index contributed by atoms with van der Waals surface area (Å²) in [6.07, 6.45) is 0. The van der Waals surface area contributed by atoms with Crippen LogP contribution in [0.4, 0.5) is 0 Å². The molecule has 0 spiro atoms. The first-order valence-corrected chi connectivity index (χ1v) is 6.04. The van der Waals surface area contributed by atoms with E-state index in [0.29, 0.717) is 26.1 Å². The van der Waals surface area contributed by atoms with E-state index in [0.717, 1.165) is 5.75 Å². The van der Waals surface area contributed by atoms with E-state index in [4.69, 9.17) is 4.74 Å². The molecule has 1 aromatic rings. The van der Waals surface area contributed by atoms with Gasteiger partial charge < -0.3 is 0 Å². The second-order valence-electron chi connectivity index (χ2n) is 2.20.